The van der Waals surface area contributed by atoms with Gasteiger partial charge in [0.15, 0.2) is 5.17 Å². The van der Waals surface area contributed by atoms with Crippen LogP contribution in [0.3, 0.4) is 0 Å². The molecule has 0 aliphatic carbocycles. The van der Waals surface area contributed by atoms with Crippen LogP contribution < -0.4 is 5.43 Å². The highest BCUT2D eigenvalue weighted by atomic mass is 32.2. The first kappa shape index (κ1) is 17.4. The van der Waals surface area contributed by atoms with Gasteiger partial charge in [0.2, 0.25) is 0 Å². The maximum absolute atomic E-state index is 5.62. The fourth-order valence-electron chi connectivity index (χ4n) is 3.40. The molecule has 0 bridgehead atoms. The Kier molecular flexibility index (Phi) is 5.17. The third kappa shape index (κ3) is 3.73. The molecule has 2 aliphatic rings. The smallest absolute Gasteiger partial charge is 0.177 e. The van der Waals surface area contributed by atoms with E-state index in [0.717, 1.165) is 54.9 Å². The number of nitrogens with one attached hydrogen (secondary N) is 1. The van der Waals surface area contributed by atoms with E-state index in [0.29, 0.717) is 0 Å². The molecular weight excluding hydrogens is 348 g/mol. The van der Waals surface area contributed by atoms with Gasteiger partial charge in [0.05, 0.1) is 31.2 Å². The van der Waals surface area contributed by atoms with Crippen molar-refractivity contribution in [2.24, 2.45) is 10.1 Å². The van der Waals surface area contributed by atoms with Crippen molar-refractivity contribution in [3.05, 3.63) is 47.2 Å². The summed E-state index contributed by atoms with van der Waals surface area (Å²) in [5, 5.41) is 5.46. The van der Waals surface area contributed by atoms with Gasteiger partial charge in [0.25, 0.3) is 0 Å². The highest BCUT2D eigenvalue weighted by molar-refractivity contribution is 8.14. The zero-order valence-corrected chi connectivity index (χ0v) is 16.0. The number of aliphatic imine (C=N–C) groups is 1. The Bertz CT molecular complexity index is 817. The lowest BCUT2D eigenvalue weighted by atomic mass is 10.1. The van der Waals surface area contributed by atoms with Crippen LogP contribution in [-0.2, 0) is 11.3 Å². The molecule has 1 atom stereocenters. The first-order chi connectivity index (χ1) is 12.7. The maximum atomic E-state index is 5.62. The molecule has 0 aromatic carbocycles. The summed E-state index contributed by atoms with van der Waals surface area (Å²) in [4.78, 5) is 4.61. The summed E-state index contributed by atoms with van der Waals surface area (Å²) >= 11 is 1.70. The number of rotatable bonds is 5. The molecule has 1 saturated heterocycles. The van der Waals surface area contributed by atoms with Gasteiger partial charge in [0.1, 0.15) is 5.76 Å². The van der Waals surface area contributed by atoms with E-state index in [1.54, 1.807) is 18.0 Å². The number of hydrogen-bond acceptors (Lipinski definition) is 5. The minimum atomic E-state index is 0.274. The Labute approximate surface area is 157 Å². The predicted octanol–water partition coefficient (Wildman–Crippen LogP) is 3.32. The summed E-state index contributed by atoms with van der Waals surface area (Å²) in [6.07, 6.45) is 4.24. The molecule has 0 radical (unpaired) electrons. The quantitative estimate of drug-likeness (QED) is 0.874. The summed E-state index contributed by atoms with van der Waals surface area (Å²) in [5.74, 6) is 1.78. The zero-order chi connectivity index (χ0) is 17.9. The topological polar surface area (TPSA) is 64.1 Å². The Morgan fingerprint density at radius 3 is 3.04 bits per heavy atom. The first-order valence-corrected chi connectivity index (χ1v) is 10.00. The lowest BCUT2D eigenvalue weighted by Crippen LogP contribution is -2.26. The second-order valence-electron chi connectivity index (χ2n) is 6.69. The molecule has 138 valence electrons. The fourth-order valence-corrected chi connectivity index (χ4v) is 4.17. The van der Waals surface area contributed by atoms with Crippen molar-refractivity contribution in [2.45, 2.75) is 39.3 Å². The normalized spacial score (nSPS) is 21.8. The fraction of sp³-hybridized carbons (Fsp3) is 0.474. The van der Waals surface area contributed by atoms with Crippen LogP contribution in [0, 0.1) is 13.8 Å². The maximum Gasteiger partial charge on any atom is 0.177 e. The number of aryl methyl sites for hydroxylation is 1. The number of nitrogens with zero attached hydrogens (tertiary/aromatic N) is 3. The van der Waals surface area contributed by atoms with Crippen LogP contribution in [0.2, 0.25) is 0 Å². The summed E-state index contributed by atoms with van der Waals surface area (Å²) in [5.41, 5.74) is 7.77. The van der Waals surface area contributed by atoms with Crippen LogP contribution in [0.15, 0.2) is 39.0 Å². The molecule has 1 N–H and O–H groups in total. The van der Waals surface area contributed by atoms with Crippen molar-refractivity contribution in [3.63, 3.8) is 0 Å². The molecule has 26 heavy (non-hydrogen) atoms. The highest BCUT2D eigenvalue weighted by Crippen LogP contribution is 2.22. The highest BCUT2D eigenvalue weighted by Gasteiger charge is 2.20. The van der Waals surface area contributed by atoms with E-state index in [4.69, 9.17) is 9.15 Å². The molecule has 6 nitrogen and oxygen atoms in total. The van der Waals surface area contributed by atoms with E-state index < -0.39 is 0 Å². The van der Waals surface area contributed by atoms with Crippen molar-refractivity contribution in [1.82, 2.24) is 9.99 Å². The van der Waals surface area contributed by atoms with Crippen LogP contribution >= 0.6 is 11.8 Å². The largest absolute Gasteiger partial charge is 0.467 e. The van der Waals surface area contributed by atoms with Crippen LogP contribution in [0.4, 0.5) is 0 Å². The number of thioether (sulfide) groups is 1. The van der Waals surface area contributed by atoms with Crippen molar-refractivity contribution in [3.8, 4) is 0 Å². The van der Waals surface area contributed by atoms with Crippen molar-refractivity contribution in [2.75, 3.05) is 18.9 Å². The number of amidine groups is 1. The molecule has 0 saturated carbocycles. The SMILES string of the molecule is Cc1cc(C2=NNC(=NC[C@@H]3CCCO3)SC2)c(C)n1Cc1ccco1. The number of hydrazone groups is 1. The minimum absolute atomic E-state index is 0.274. The van der Waals surface area contributed by atoms with E-state index in [1.165, 1.54) is 17.0 Å². The lowest BCUT2D eigenvalue weighted by molar-refractivity contribution is 0.118. The lowest BCUT2D eigenvalue weighted by Gasteiger charge is -2.16. The average Bonchev–Trinajstić information content (AvgIpc) is 3.40. The second-order valence-corrected chi connectivity index (χ2v) is 7.65. The van der Waals surface area contributed by atoms with Gasteiger partial charge in [-0.15, -0.1) is 0 Å². The van der Waals surface area contributed by atoms with Crippen molar-refractivity contribution >= 4 is 22.6 Å². The van der Waals surface area contributed by atoms with Gasteiger partial charge in [-0.1, -0.05) is 11.8 Å². The van der Waals surface area contributed by atoms with Gasteiger partial charge in [-0.2, -0.15) is 5.10 Å². The number of aromatic nitrogens is 1. The second kappa shape index (κ2) is 7.72. The van der Waals surface area contributed by atoms with Gasteiger partial charge in [-0.05, 0) is 44.9 Å². The van der Waals surface area contributed by atoms with E-state index >= 15 is 0 Å². The average molecular weight is 372 g/mol. The van der Waals surface area contributed by atoms with Crippen LogP contribution in [0.5, 0.6) is 0 Å². The molecule has 2 aliphatic heterocycles. The van der Waals surface area contributed by atoms with Crippen LogP contribution in [0.25, 0.3) is 0 Å². The predicted molar refractivity (Wildman–Crippen MR) is 105 cm³/mol. The summed E-state index contributed by atoms with van der Waals surface area (Å²) in [7, 11) is 0. The molecular formula is C19H24N4O2S. The molecule has 1 fully saturated rings. The molecule has 2 aromatic rings. The summed E-state index contributed by atoms with van der Waals surface area (Å²) in [6.45, 7) is 6.59. The van der Waals surface area contributed by atoms with Crippen molar-refractivity contribution < 1.29 is 9.15 Å². The Balaban J connectivity index is 1.45. The van der Waals surface area contributed by atoms with E-state index in [-0.39, 0.29) is 6.10 Å². The third-order valence-electron chi connectivity index (χ3n) is 4.87. The molecule has 0 spiro atoms. The Hall–Kier alpha value is -1.99. The van der Waals surface area contributed by atoms with Gasteiger partial charge < -0.3 is 13.7 Å². The molecule has 0 unspecified atom stereocenters. The summed E-state index contributed by atoms with van der Waals surface area (Å²) < 4.78 is 13.4. The van der Waals surface area contributed by atoms with Gasteiger partial charge in [-0.25, -0.2) is 0 Å². The molecule has 7 heteroatoms. The standard InChI is InChI=1S/C19H24N4O2S/c1-13-9-17(14(2)23(13)11-16-6-4-8-25-16)18-12-26-19(22-21-18)20-10-15-5-3-7-24-15/h4,6,8-9,15H,3,5,7,10-12H2,1-2H3,(H,20,22)/t15-/m0/s1. The molecule has 0 amide bonds. The number of ether oxygens (including phenoxy) is 1. The van der Waals surface area contributed by atoms with Crippen LogP contribution in [-0.4, -0.2) is 40.5 Å². The Morgan fingerprint density at radius 2 is 2.35 bits per heavy atom. The number of furan rings is 1. The van der Waals surface area contributed by atoms with E-state index in [1.807, 2.05) is 12.1 Å². The minimum Gasteiger partial charge on any atom is -0.467 e. The van der Waals surface area contributed by atoms with Crippen LogP contribution in [0.1, 0.15) is 35.6 Å². The van der Waals surface area contributed by atoms with Gasteiger partial charge in [-0.3, -0.25) is 10.4 Å². The summed E-state index contributed by atoms with van der Waals surface area (Å²) in [6, 6.07) is 6.13. The first-order valence-electron chi connectivity index (χ1n) is 9.01. The van der Waals surface area contributed by atoms with Gasteiger partial charge >= 0.3 is 0 Å². The van der Waals surface area contributed by atoms with E-state index in [2.05, 4.69) is 40.0 Å². The molecule has 2 aromatic heterocycles. The molecule has 4 rings (SSSR count). The van der Waals surface area contributed by atoms with E-state index in [9.17, 15) is 0 Å². The zero-order valence-electron chi connectivity index (χ0n) is 15.2. The Morgan fingerprint density at radius 1 is 1.42 bits per heavy atom. The number of hydrogen-bond donors (Lipinski definition) is 1. The molecule has 4 heterocycles. The third-order valence-corrected chi connectivity index (χ3v) is 5.78. The van der Waals surface area contributed by atoms with Crippen molar-refractivity contribution in [1.29, 1.82) is 0 Å². The monoisotopic (exact) mass is 372 g/mol. The van der Waals surface area contributed by atoms with Gasteiger partial charge in [0, 0.05) is 29.3 Å².